The standard InChI is InChI=1S/C14H23N3O/c1-16(2)8-9-17(3)12-10-18-13-7-5-4-6-11(13)14(12)15/h4-7,12,14H,8-10,15H2,1-3H3. The fraction of sp³-hybridized carbons (Fsp3) is 0.571. The number of hydrogen-bond acceptors (Lipinski definition) is 4. The Morgan fingerprint density at radius 1 is 1.22 bits per heavy atom. The van der Waals surface area contributed by atoms with Gasteiger partial charge in [-0.05, 0) is 27.2 Å². The third-order valence-corrected chi connectivity index (χ3v) is 3.57. The molecule has 1 heterocycles. The second-order valence-electron chi connectivity index (χ2n) is 5.23. The summed E-state index contributed by atoms with van der Waals surface area (Å²) in [5, 5.41) is 0. The van der Waals surface area contributed by atoms with E-state index in [4.69, 9.17) is 10.5 Å². The van der Waals surface area contributed by atoms with Gasteiger partial charge in [-0.15, -0.1) is 0 Å². The number of rotatable bonds is 4. The minimum atomic E-state index is 0.0297. The van der Waals surface area contributed by atoms with E-state index in [2.05, 4.69) is 37.0 Å². The van der Waals surface area contributed by atoms with E-state index in [1.54, 1.807) is 0 Å². The molecule has 0 spiro atoms. The van der Waals surface area contributed by atoms with Crippen molar-refractivity contribution in [3.63, 3.8) is 0 Å². The van der Waals surface area contributed by atoms with Crippen LogP contribution in [0.5, 0.6) is 5.75 Å². The van der Waals surface area contributed by atoms with E-state index >= 15 is 0 Å². The van der Waals surface area contributed by atoms with E-state index in [-0.39, 0.29) is 12.1 Å². The van der Waals surface area contributed by atoms with Gasteiger partial charge in [0, 0.05) is 18.7 Å². The summed E-state index contributed by atoms with van der Waals surface area (Å²) in [5.74, 6) is 0.933. The first kappa shape index (κ1) is 13.3. The first-order chi connectivity index (χ1) is 8.59. The first-order valence-corrected chi connectivity index (χ1v) is 6.42. The third-order valence-electron chi connectivity index (χ3n) is 3.57. The summed E-state index contributed by atoms with van der Waals surface area (Å²) < 4.78 is 5.80. The lowest BCUT2D eigenvalue weighted by Crippen LogP contribution is -2.48. The lowest BCUT2D eigenvalue weighted by Gasteiger charge is -2.37. The molecule has 2 atom stereocenters. The topological polar surface area (TPSA) is 41.7 Å². The SMILES string of the molecule is CN(C)CCN(C)C1COc2ccccc2C1N. The van der Waals surface area contributed by atoms with Crippen molar-refractivity contribution in [3.05, 3.63) is 29.8 Å². The van der Waals surface area contributed by atoms with Crippen LogP contribution in [0.3, 0.4) is 0 Å². The average molecular weight is 249 g/mol. The first-order valence-electron chi connectivity index (χ1n) is 6.42. The molecule has 1 aliphatic heterocycles. The van der Waals surface area contributed by atoms with E-state index in [0.717, 1.165) is 24.4 Å². The van der Waals surface area contributed by atoms with Gasteiger partial charge in [0.25, 0.3) is 0 Å². The van der Waals surface area contributed by atoms with Crippen LogP contribution in [0.1, 0.15) is 11.6 Å². The molecule has 2 unspecified atom stereocenters. The van der Waals surface area contributed by atoms with Crippen molar-refractivity contribution < 1.29 is 4.74 Å². The van der Waals surface area contributed by atoms with Gasteiger partial charge in [-0.25, -0.2) is 0 Å². The fourth-order valence-electron chi connectivity index (χ4n) is 2.30. The van der Waals surface area contributed by atoms with Crippen LogP contribution in [-0.4, -0.2) is 56.7 Å². The van der Waals surface area contributed by atoms with Crippen LogP contribution < -0.4 is 10.5 Å². The molecular formula is C14H23N3O. The van der Waals surface area contributed by atoms with Gasteiger partial charge in [-0.1, -0.05) is 18.2 Å². The second-order valence-corrected chi connectivity index (χ2v) is 5.23. The molecule has 2 rings (SSSR count). The number of fused-ring (bicyclic) bond motifs is 1. The molecule has 1 aliphatic rings. The van der Waals surface area contributed by atoms with Crippen molar-refractivity contribution in [1.29, 1.82) is 0 Å². The summed E-state index contributed by atoms with van der Waals surface area (Å²) in [4.78, 5) is 4.47. The highest BCUT2D eigenvalue weighted by atomic mass is 16.5. The Morgan fingerprint density at radius 3 is 2.67 bits per heavy atom. The van der Waals surface area contributed by atoms with Gasteiger partial charge in [0.2, 0.25) is 0 Å². The van der Waals surface area contributed by atoms with Crippen molar-refractivity contribution in [2.45, 2.75) is 12.1 Å². The molecule has 4 nitrogen and oxygen atoms in total. The van der Waals surface area contributed by atoms with Gasteiger partial charge in [0.15, 0.2) is 0 Å². The predicted molar refractivity (Wildman–Crippen MR) is 73.8 cm³/mol. The molecule has 18 heavy (non-hydrogen) atoms. The molecule has 2 N–H and O–H groups in total. The Hall–Kier alpha value is -1.10. The van der Waals surface area contributed by atoms with Crippen LogP contribution in [0.4, 0.5) is 0 Å². The number of ether oxygens (including phenoxy) is 1. The molecule has 4 heteroatoms. The lowest BCUT2D eigenvalue weighted by molar-refractivity contribution is 0.113. The number of nitrogens with zero attached hydrogens (tertiary/aromatic N) is 2. The van der Waals surface area contributed by atoms with E-state index in [1.807, 2.05) is 18.2 Å². The van der Waals surface area contributed by atoms with Crippen LogP contribution in [0.15, 0.2) is 24.3 Å². The minimum absolute atomic E-state index is 0.0297. The monoisotopic (exact) mass is 249 g/mol. The molecule has 0 saturated carbocycles. The van der Waals surface area contributed by atoms with Crippen molar-refractivity contribution in [2.75, 3.05) is 40.8 Å². The van der Waals surface area contributed by atoms with Crippen LogP contribution in [0.25, 0.3) is 0 Å². The largest absolute Gasteiger partial charge is 0.492 e. The summed E-state index contributed by atoms with van der Waals surface area (Å²) in [6, 6.07) is 8.34. The van der Waals surface area contributed by atoms with Crippen molar-refractivity contribution in [1.82, 2.24) is 9.80 Å². The highest BCUT2D eigenvalue weighted by Crippen LogP contribution is 2.31. The summed E-state index contributed by atoms with van der Waals surface area (Å²) in [6.45, 7) is 2.69. The molecular weight excluding hydrogens is 226 g/mol. The molecule has 1 aromatic rings. The molecule has 0 aromatic heterocycles. The lowest BCUT2D eigenvalue weighted by atomic mass is 9.96. The molecule has 0 saturated heterocycles. The maximum atomic E-state index is 6.36. The summed E-state index contributed by atoms with van der Waals surface area (Å²) in [7, 11) is 6.28. The smallest absolute Gasteiger partial charge is 0.124 e. The Bertz CT molecular complexity index is 394. The van der Waals surface area contributed by atoms with Crippen LogP contribution in [0, 0.1) is 0 Å². The van der Waals surface area contributed by atoms with Gasteiger partial charge in [0.1, 0.15) is 12.4 Å². The van der Waals surface area contributed by atoms with Crippen molar-refractivity contribution in [2.24, 2.45) is 5.73 Å². The number of likely N-dealkylation sites (N-methyl/N-ethyl adjacent to an activating group) is 2. The number of benzene rings is 1. The number of para-hydroxylation sites is 1. The second kappa shape index (κ2) is 5.69. The van der Waals surface area contributed by atoms with E-state index in [0.29, 0.717) is 6.61 Å². The highest BCUT2D eigenvalue weighted by molar-refractivity contribution is 5.38. The highest BCUT2D eigenvalue weighted by Gasteiger charge is 2.30. The third kappa shape index (κ3) is 2.83. The van der Waals surface area contributed by atoms with E-state index in [1.165, 1.54) is 0 Å². The van der Waals surface area contributed by atoms with E-state index < -0.39 is 0 Å². The zero-order valence-corrected chi connectivity index (χ0v) is 11.5. The Labute approximate surface area is 109 Å². The van der Waals surface area contributed by atoms with Crippen LogP contribution in [0.2, 0.25) is 0 Å². The quantitative estimate of drug-likeness (QED) is 0.862. The molecule has 0 radical (unpaired) electrons. The van der Waals surface area contributed by atoms with Gasteiger partial charge < -0.3 is 15.4 Å². The minimum Gasteiger partial charge on any atom is -0.492 e. The maximum absolute atomic E-state index is 6.36. The fourth-order valence-corrected chi connectivity index (χ4v) is 2.30. The summed E-state index contributed by atoms with van der Waals surface area (Å²) in [6.07, 6.45) is 0. The predicted octanol–water partition coefficient (Wildman–Crippen LogP) is 0.941. The van der Waals surface area contributed by atoms with Crippen LogP contribution in [-0.2, 0) is 0 Å². The normalized spacial score (nSPS) is 23.0. The zero-order chi connectivity index (χ0) is 13.1. The van der Waals surface area contributed by atoms with Crippen LogP contribution >= 0.6 is 0 Å². The number of nitrogens with two attached hydrogens (primary N) is 1. The Morgan fingerprint density at radius 2 is 1.94 bits per heavy atom. The van der Waals surface area contributed by atoms with Crippen molar-refractivity contribution in [3.8, 4) is 5.75 Å². The molecule has 0 fully saturated rings. The van der Waals surface area contributed by atoms with E-state index in [9.17, 15) is 0 Å². The summed E-state index contributed by atoms with van der Waals surface area (Å²) >= 11 is 0. The molecule has 0 aliphatic carbocycles. The maximum Gasteiger partial charge on any atom is 0.124 e. The van der Waals surface area contributed by atoms with Gasteiger partial charge >= 0.3 is 0 Å². The summed E-state index contributed by atoms with van der Waals surface area (Å²) in [5.41, 5.74) is 7.48. The van der Waals surface area contributed by atoms with Gasteiger partial charge in [0.05, 0.1) is 12.1 Å². The Kier molecular flexibility index (Phi) is 4.22. The number of hydrogen-bond donors (Lipinski definition) is 1. The van der Waals surface area contributed by atoms with Gasteiger partial charge in [-0.2, -0.15) is 0 Å². The molecule has 0 amide bonds. The Balaban J connectivity index is 2.04. The van der Waals surface area contributed by atoms with Gasteiger partial charge in [-0.3, -0.25) is 4.90 Å². The molecule has 100 valence electrons. The van der Waals surface area contributed by atoms with Crippen molar-refractivity contribution >= 4 is 0 Å². The average Bonchev–Trinajstić information content (AvgIpc) is 2.37. The zero-order valence-electron chi connectivity index (χ0n) is 11.5. The molecule has 0 bridgehead atoms. The molecule has 1 aromatic carbocycles.